The van der Waals surface area contributed by atoms with Crippen LogP contribution in [-0.2, 0) is 0 Å². The molecule has 0 radical (unpaired) electrons. The van der Waals surface area contributed by atoms with Crippen molar-refractivity contribution in [3.05, 3.63) is 23.4 Å². The van der Waals surface area contributed by atoms with Crippen LogP contribution in [0.1, 0.15) is 42.2 Å². The summed E-state index contributed by atoms with van der Waals surface area (Å²) in [7, 11) is 0. The summed E-state index contributed by atoms with van der Waals surface area (Å²) in [5.74, 6) is 0.400. The van der Waals surface area contributed by atoms with Crippen molar-refractivity contribution in [1.29, 1.82) is 0 Å². The minimum Gasteiger partial charge on any atom is -0.366 e. The van der Waals surface area contributed by atoms with Crippen LogP contribution in [0.25, 0.3) is 0 Å². The molecule has 0 saturated carbocycles. The third-order valence-electron chi connectivity index (χ3n) is 3.67. The van der Waals surface area contributed by atoms with E-state index < -0.39 is 5.91 Å². The van der Waals surface area contributed by atoms with Crippen molar-refractivity contribution in [2.45, 2.75) is 45.2 Å². The van der Waals surface area contributed by atoms with Crippen molar-refractivity contribution in [2.75, 3.05) is 11.4 Å². The fourth-order valence-electron chi connectivity index (χ4n) is 2.73. The Morgan fingerprint density at radius 2 is 2.21 bits per heavy atom. The molecule has 1 aliphatic heterocycles. The Morgan fingerprint density at radius 1 is 1.47 bits per heavy atom. The van der Waals surface area contributed by atoms with E-state index in [0.29, 0.717) is 5.56 Å². The van der Waals surface area contributed by atoms with E-state index in [9.17, 15) is 4.79 Å². The highest BCUT2D eigenvalue weighted by Crippen LogP contribution is 2.25. The number of aryl methyl sites for hydroxylation is 1. The predicted octanol–water partition coefficient (Wildman–Crippen LogP) is 1.20. The molecule has 0 bridgehead atoms. The molecule has 0 aliphatic carbocycles. The number of pyridine rings is 1. The van der Waals surface area contributed by atoms with Gasteiger partial charge >= 0.3 is 0 Å². The number of primary amides is 1. The fourth-order valence-corrected chi connectivity index (χ4v) is 2.73. The van der Waals surface area contributed by atoms with Crippen LogP contribution < -0.4 is 16.4 Å². The summed E-state index contributed by atoms with van der Waals surface area (Å²) in [4.78, 5) is 18.1. The largest absolute Gasteiger partial charge is 0.366 e. The first-order chi connectivity index (χ1) is 8.99. The van der Waals surface area contributed by atoms with Gasteiger partial charge in [-0.05, 0) is 45.2 Å². The number of nitrogens with zero attached hydrogens (tertiary/aromatic N) is 2. The summed E-state index contributed by atoms with van der Waals surface area (Å²) in [6.07, 6.45) is 3.39. The molecule has 1 amide bonds. The number of rotatable bonds is 3. The zero-order valence-corrected chi connectivity index (χ0v) is 11.6. The molecule has 1 aliphatic rings. The maximum Gasteiger partial charge on any atom is 0.248 e. The van der Waals surface area contributed by atoms with Crippen LogP contribution >= 0.6 is 0 Å². The van der Waals surface area contributed by atoms with E-state index in [0.717, 1.165) is 30.9 Å². The van der Waals surface area contributed by atoms with Crippen LogP contribution in [0, 0.1) is 6.92 Å². The van der Waals surface area contributed by atoms with E-state index in [1.807, 2.05) is 13.8 Å². The molecule has 1 saturated heterocycles. The number of amides is 1. The number of aromatic nitrogens is 1. The second kappa shape index (κ2) is 5.57. The number of nitrogens with two attached hydrogens (primary N) is 2. The Hall–Kier alpha value is -1.62. The highest BCUT2D eigenvalue weighted by atomic mass is 16.1. The average molecular weight is 262 g/mol. The maximum atomic E-state index is 11.4. The van der Waals surface area contributed by atoms with Crippen LogP contribution in [0.4, 0.5) is 5.82 Å². The number of hydrogen-bond acceptors (Lipinski definition) is 4. The Bertz CT molecular complexity index is 473. The first-order valence-corrected chi connectivity index (χ1v) is 6.80. The summed E-state index contributed by atoms with van der Waals surface area (Å²) >= 11 is 0. The van der Waals surface area contributed by atoms with Crippen molar-refractivity contribution in [2.24, 2.45) is 11.5 Å². The molecule has 0 aromatic carbocycles. The van der Waals surface area contributed by atoms with Gasteiger partial charge in [0.25, 0.3) is 0 Å². The molecule has 2 rings (SSSR count). The van der Waals surface area contributed by atoms with Gasteiger partial charge in [0.15, 0.2) is 0 Å². The lowest BCUT2D eigenvalue weighted by molar-refractivity contribution is 0.1000. The van der Waals surface area contributed by atoms with Gasteiger partial charge in [0, 0.05) is 29.9 Å². The van der Waals surface area contributed by atoms with Crippen LogP contribution in [0.3, 0.4) is 0 Å². The number of anilines is 1. The summed E-state index contributed by atoms with van der Waals surface area (Å²) in [6.45, 7) is 4.83. The average Bonchev–Trinajstić information content (AvgIpc) is 2.37. The molecule has 2 heterocycles. The SMILES string of the molecule is Cc1cc(C(N)=O)cc(N2CCCCC2C(C)N)n1. The Kier molecular flexibility index (Phi) is 4.04. The van der Waals surface area contributed by atoms with Crippen LogP contribution in [0.15, 0.2) is 12.1 Å². The minimum absolute atomic E-state index is 0.0830. The van der Waals surface area contributed by atoms with E-state index in [2.05, 4.69) is 9.88 Å². The molecular formula is C14H22N4O. The van der Waals surface area contributed by atoms with Gasteiger partial charge in [-0.3, -0.25) is 4.79 Å². The highest BCUT2D eigenvalue weighted by molar-refractivity contribution is 5.93. The van der Waals surface area contributed by atoms with Gasteiger partial charge in [-0.2, -0.15) is 0 Å². The lowest BCUT2D eigenvalue weighted by Crippen LogP contribution is -2.49. The second-order valence-electron chi connectivity index (χ2n) is 5.34. The van der Waals surface area contributed by atoms with Crippen molar-refractivity contribution in [3.63, 3.8) is 0 Å². The molecule has 19 heavy (non-hydrogen) atoms. The maximum absolute atomic E-state index is 11.4. The third-order valence-corrected chi connectivity index (χ3v) is 3.67. The Labute approximate surface area is 114 Å². The second-order valence-corrected chi connectivity index (χ2v) is 5.34. The molecule has 5 nitrogen and oxygen atoms in total. The lowest BCUT2D eigenvalue weighted by Gasteiger charge is -2.39. The molecule has 4 N–H and O–H groups in total. The molecule has 2 unspecified atom stereocenters. The molecule has 2 atom stereocenters. The highest BCUT2D eigenvalue weighted by Gasteiger charge is 2.27. The molecule has 0 spiro atoms. The van der Waals surface area contributed by atoms with Crippen LogP contribution in [0.2, 0.25) is 0 Å². The number of carbonyl (C=O) groups excluding carboxylic acids is 1. The fraction of sp³-hybridized carbons (Fsp3) is 0.571. The van der Waals surface area contributed by atoms with Gasteiger partial charge in [0.2, 0.25) is 5.91 Å². The molecular weight excluding hydrogens is 240 g/mol. The van der Waals surface area contributed by atoms with Crippen LogP contribution in [-0.4, -0.2) is 29.5 Å². The van der Waals surface area contributed by atoms with Gasteiger partial charge in [-0.1, -0.05) is 0 Å². The Morgan fingerprint density at radius 3 is 2.84 bits per heavy atom. The topological polar surface area (TPSA) is 85.2 Å². The monoisotopic (exact) mass is 262 g/mol. The number of hydrogen-bond donors (Lipinski definition) is 2. The normalized spacial score (nSPS) is 21.2. The van der Waals surface area contributed by atoms with Crippen molar-refractivity contribution >= 4 is 11.7 Å². The van der Waals surface area contributed by atoms with Crippen molar-refractivity contribution in [3.8, 4) is 0 Å². The quantitative estimate of drug-likeness (QED) is 0.857. The molecule has 1 fully saturated rings. The summed E-state index contributed by atoms with van der Waals surface area (Å²) < 4.78 is 0. The summed E-state index contributed by atoms with van der Waals surface area (Å²) in [5, 5.41) is 0. The van der Waals surface area contributed by atoms with Gasteiger partial charge < -0.3 is 16.4 Å². The Balaban J connectivity index is 2.35. The zero-order chi connectivity index (χ0) is 14.0. The molecule has 1 aromatic heterocycles. The molecule has 1 aromatic rings. The van der Waals surface area contributed by atoms with E-state index >= 15 is 0 Å². The first-order valence-electron chi connectivity index (χ1n) is 6.80. The predicted molar refractivity (Wildman–Crippen MR) is 76.1 cm³/mol. The van der Waals surface area contributed by atoms with E-state index in [4.69, 9.17) is 11.5 Å². The standard InChI is InChI=1S/C14H22N4O/c1-9-7-11(14(16)19)8-13(17-9)18-6-4-3-5-12(18)10(2)15/h7-8,10,12H,3-6,15H2,1-2H3,(H2,16,19). The van der Waals surface area contributed by atoms with E-state index in [1.165, 1.54) is 6.42 Å². The summed E-state index contributed by atoms with van der Waals surface area (Å²) in [5.41, 5.74) is 12.8. The first kappa shape index (κ1) is 13.8. The number of piperidine rings is 1. The van der Waals surface area contributed by atoms with E-state index in [-0.39, 0.29) is 12.1 Å². The van der Waals surface area contributed by atoms with Crippen molar-refractivity contribution < 1.29 is 4.79 Å². The molecule has 104 valence electrons. The molecule has 5 heteroatoms. The van der Waals surface area contributed by atoms with Gasteiger partial charge in [-0.15, -0.1) is 0 Å². The van der Waals surface area contributed by atoms with Crippen LogP contribution in [0.5, 0.6) is 0 Å². The zero-order valence-electron chi connectivity index (χ0n) is 11.6. The smallest absolute Gasteiger partial charge is 0.248 e. The van der Waals surface area contributed by atoms with Gasteiger partial charge in [0.1, 0.15) is 5.82 Å². The van der Waals surface area contributed by atoms with Crippen molar-refractivity contribution in [1.82, 2.24) is 4.98 Å². The lowest BCUT2D eigenvalue weighted by atomic mass is 9.97. The summed E-state index contributed by atoms with van der Waals surface area (Å²) in [6, 6.07) is 3.86. The van der Waals surface area contributed by atoms with E-state index in [1.54, 1.807) is 12.1 Å². The number of carbonyl (C=O) groups is 1. The minimum atomic E-state index is -0.416. The third kappa shape index (κ3) is 3.04. The van der Waals surface area contributed by atoms with Gasteiger partial charge in [-0.25, -0.2) is 4.98 Å². The van der Waals surface area contributed by atoms with Gasteiger partial charge in [0.05, 0.1) is 0 Å².